The van der Waals surface area contributed by atoms with Gasteiger partial charge in [-0.2, -0.15) is 8.42 Å². The van der Waals surface area contributed by atoms with Gasteiger partial charge in [-0.1, -0.05) is 16.8 Å². The zero-order chi connectivity index (χ0) is 19.3. The highest BCUT2D eigenvalue weighted by Gasteiger charge is 2.64. The zero-order valence-corrected chi connectivity index (χ0v) is 15.9. The Morgan fingerprint density at radius 2 is 2.27 bits per heavy atom. The largest absolute Gasteiger partial charge is 0.363 e. The van der Waals surface area contributed by atoms with Crippen molar-refractivity contribution in [3.05, 3.63) is 33.1 Å². The lowest BCUT2D eigenvalue weighted by molar-refractivity contribution is -0.154. The number of carbonyl (C=O) groups is 2. The van der Waals surface area contributed by atoms with Crippen molar-refractivity contribution in [3.63, 3.8) is 0 Å². The summed E-state index contributed by atoms with van der Waals surface area (Å²) in [5.74, 6) is -1.40. The number of aryl methyl sites for hydroxylation is 1. The van der Waals surface area contributed by atoms with Gasteiger partial charge in [-0.05, 0) is 13.8 Å². The number of rotatable bonds is 5. The van der Waals surface area contributed by atoms with Gasteiger partial charge in [0.1, 0.15) is 17.3 Å². The van der Waals surface area contributed by atoms with Crippen molar-refractivity contribution in [2.45, 2.75) is 31.8 Å². The van der Waals surface area contributed by atoms with E-state index in [1.54, 1.807) is 12.3 Å². The van der Waals surface area contributed by atoms with Gasteiger partial charge < -0.3 is 9.84 Å². The fraction of sp³-hybridized carbons (Fsp3) is 0.385. The SMILES string of the molecule is Cc1nc([C@]2(C)[C@H](NC(=O)Cc3cc(Cl)no3)C(=O)N2S(=O)(=O)O)cs1. The lowest BCUT2D eigenvalue weighted by atomic mass is 9.80. The molecule has 140 valence electrons. The molecular formula is C13H13ClN4O6S2. The van der Waals surface area contributed by atoms with Crippen LogP contribution in [0.4, 0.5) is 0 Å². The van der Waals surface area contributed by atoms with Crippen LogP contribution in [0, 0.1) is 6.92 Å². The second-order valence-corrected chi connectivity index (χ2v) is 8.48. The molecule has 3 rings (SSSR count). The molecule has 1 saturated heterocycles. The van der Waals surface area contributed by atoms with Gasteiger partial charge >= 0.3 is 10.3 Å². The molecular weight excluding hydrogens is 408 g/mol. The summed E-state index contributed by atoms with van der Waals surface area (Å²) in [5, 5.41) is 8.17. The molecule has 2 amide bonds. The van der Waals surface area contributed by atoms with Crippen molar-refractivity contribution in [1.82, 2.24) is 19.8 Å². The van der Waals surface area contributed by atoms with E-state index in [0.29, 0.717) is 9.31 Å². The number of halogens is 1. The first kappa shape index (κ1) is 18.8. The lowest BCUT2D eigenvalue weighted by Gasteiger charge is -2.51. The summed E-state index contributed by atoms with van der Waals surface area (Å²) in [6, 6.07) is 0.119. The molecule has 2 atom stereocenters. The predicted octanol–water partition coefficient (Wildman–Crippen LogP) is 0.681. The number of hydrogen-bond donors (Lipinski definition) is 2. The van der Waals surface area contributed by atoms with E-state index in [1.165, 1.54) is 24.3 Å². The summed E-state index contributed by atoms with van der Waals surface area (Å²) in [5.41, 5.74) is -1.31. The summed E-state index contributed by atoms with van der Waals surface area (Å²) in [4.78, 5) is 28.7. The van der Waals surface area contributed by atoms with E-state index in [1.807, 2.05) is 0 Å². The average Bonchev–Trinajstić information content (AvgIpc) is 3.12. The van der Waals surface area contributed by atoms with Crippen molar-refractivity contribution in [2.75, 3.05) is 0 Å². The zero-order valence-electron chi connectivity index (χ0n) is 13.5. The van der Waals surface area contributed by atoms with E-state index >= 15 is 0 Å². The monoisotopic (exact) mass is 420 g/mol. The summed E-state index contributed by atoms with van der Waals surface area (Å²) >= 11 is 6.85. The average molecular weight is 421 g/mol. The Hall–Kier alpha value is -2.02. The fourth-order valence-corrected chi connectivity index (χ4v) is 4.67. The molecule has 13 heteroatoms. The van der Waals surface area contributed by atoms with E-state index in [2.05, 4.69) is 15.5 Å². The van der Waals surface area contributed by atoms with Crippen LogP contribution in [0.2, 0.25) is 5.15 Å². The van der Waals surface area contributed by atoms with Crippen LogP contribution in [0.1, 0.15) is 23.4 Å². The molecule has 0 aromatic carbocycles. The van der Waals surface area contributed by atoms with Crippen LogP contribution in [0.25, 0.3) is 0 Å². The second kappa shape index (κ2) is 6.30. The van der Waals surface area contributed by atoms with Gasteiger partial charge in [-0.15, -0.1) is 11.3 Å². The molecule has 0 saturated carbocycles. The smallest absolute Gasteiger partial charge is 0.359 e. The van der Waals surface area contributed by atoms with E-state index in [9.17, 15) is 22.6 Å². The number of amides is 2. The molecule has 2 aromatic rings. The Labute approximate surface area is 157 Å². The van der Waals surface area contributed by atoms with Crippen molar-refractivity contribution in [1.29, 1.82) is 0 Å². The molecule has 1 aliphatic heterocycles. The summed E-state index contributed by atoms with van der Waals surface area (Å²) < 4.78 is 37.8. The van der Waals surface area contributed by atoms with Gasteiger partial charge in [0.05, 0.1) is 17.1 Å². The minimum atomic E-state index is -4.83. The number of carbonyl (C=O) groups excluding carboxylic acids is 2. The Balaban J connectivity index is 1.87. The van der Waals surface area contributed by atoms with Gasteiger partial charge in [0.15, 0.2) is 5.15 Å². The molecule has 0 spiro atoms. The molecule has 1 fully saturated rings. The summed E-state index contributed by atoms with van der Waals surface area (Å²) in [6.07, 6.45) is -0.248. The van der Waals surface area contributed by atoms with Gasteiger partial charge in [0.25, 0.3) is 5.91 Å². The number of thiazole rings is 1. The highest BCUT2D eigenvalue weighted by atomic mass is 35.5. The maximum absolute atomic E-state index is 12.3. The van der Waals surface area contributed by atoms with Crippen LogP contribution >= 0.6 is 22.9 Å². The number of aromatic nitrogens is 2. The van der Waals surface area contributed by atoms with Crippen LogP contribution in [0.5, 0.6) is 0 Å². The van der Waals surface area contributed by atoms with Crippen molar-refractivity contribution in [3.8, 4) is 0 Å². The van der Waals surface area contributed by atoms with Crippen LogP contribution in [-0.4, -0.2) is 45.3 Å². The Morgan fingerprint density at radius 1 is 1.58 bits per heavy atom. The third kappa shape index (κ3) is 3.09. The lowest BCUT2D eigenvalue weighted by Crippen LogP contribution is -2.77. The fourth-order valence-electron chi connectivity index (χ4n) is 2.78. The molecule has 1 aliphatic rings. The third-order valence-electron chi connectivity index (χ3n) is 3.97. The Kier molecular flexibility index (Phi) is 4.55. The highest BCUT2D eigenvalue weighted by molar-refractivity contribution is 7.84. The van der Waals surface area contributed by atoms with E-state index < -0.39 is 33.7 Å². The van der Waals surface area contributed by atoms with Crippen LogP contribution in [-0.2, 0) is 31.9 Å². The third-order valence-corrected chi connectivity index (χ3v) is 5.94. The highest BCUT2D eigenvalue weighted by Crippen LogP contribution is 2.43. The maximum atomic E-state index is 12.3. The van der Waals surface area contributed by atoms with Gasteiger partial charge in [-0.3, -0.25) is 14.1 Å². The molecule has 2 aromatic heterocycles. The normalized spacial score (nSPS) is 23.0. The first-order valence-corrected chi connectivity index (χ1v) is 9.83. The molecule has 0 bridgehead atoms. The number of hydrogen-bond acceptors (Lipinski definition) is 8. The van der Waals surface area contributed by atoms with Gasteiger partial charge in [0.2, 0.25) is 5.91 Å². The van der Waals surface area contributed by atoms with E-state index in [-0.39, 0.29) is 23.0 Å². The number of nitrogens with zero attached hydrogens (tertiary/aromatic N) is 3. The number of β-lactam (4-membered cyclic amide) rings is 1. The van der Waals surface area contributed by atoms with Crippen LogP contribution in [0.3, 0.4) is 0 Å². The second-order valence-electron chi connectivity index (χ2n) is 5.77. The molecule has 10 nitrogen and oxygen atoms in total. The quantitative estimate of drug-likeness (QED) is 0.531. The molecule has 2 N–H and O–H groups in total. The predicted molar refractivity (Wildman–Crippen MR) is 89.7 cm³/mol. The minimum absolute atomic E-state index is 0.0767. The van der Waals surface area contributed by atoms with Gasteiger partial charge in [0, 0.05) is 11.4 Å². The minimum Gasteiger partial charge on any atom is -0.359 e. The van der Waals surface area contributed by atoms with Gasteiger partial charge in [-0.25, -0.2) is 9.29 Å². The van der Waals surface area contributed by atoms with Crippen molar-refractivity contribution < 1.29 is 27.1 Å². The molecule has 3 heterocycles. The molecule has 26 heavy (non-hydrogen) atoms. The Bertz CT molecular complexity index is 986. The topological polar surface area (TPSA) is 143 Å². The summed E-state index contributed by atoms with van der Waals surface area (Å²) in [7, 11) is -4.83. The van der Waals surface area contributed by atoms with E-state index in [4.69, 9.17) is 16.1 Å². The van der Waals surface area contributed by atoms with Crippen LogP contribution < -0.4 is 5.32 Å². The van der Waals surface area contributed by atoms with Crippen molar-refractivity contribution >= 4 is 45.1 Å². The first-order chi connectivity index (χ1) is 12.0. The van der Waals surface area contributed by atoms with E-state index in [0.717, 1.165) is 0 Å². The maximum Gasteiger partial charge on any atom is 0.363 e. The van der Waals surface area contributed by atoms with Crippen molar-refractivity contribution in [2.24, 2.45) is 0 Å². The molecule has 0 unspecified atom stereocenters. The first-order valence-electron chi connectivity index (χ1n) is 7.18. The number of nitrogens with one attached hydrogen (secondary N) is 1. The van der Waals surface area contributed by atoms with Crippen LogP contribution in [0.15, 0.2) is 16.0 Å². The standard InChI is InChI=1S/C13H13ClN4O6S2/c1-6-15-8(5-25-6)13(2)11(12(20)18(13)26(21,22)23)16-10(19)4-7-3-9(14)17-24-7/h3,5,11H,4H2,1-2H3,(H,16,19)(H,21,22,23)/t11-,13-/m1/s1. The molecule has 0 aliphatic carbocycles. The molecule has 0 radical (unpaired) electrons. The summed E-state index contributed by atoms with van der Waals surface area (Å²) in [6.45, 7) is 3.10. The Morgan fingerprint density at radius 3 is 2.77 bits per heavy atom.